The number of hydrogen-bond donors (Lipinski definition) is 0. The summed E-state index contributed by atoms with van der Waals surface area (Å²) in [4.78, 5) is 9.59. The normalized spacial score (nSPS) is 11.2. The van der Waals surface area contributed by atoms with Gasteiger partial charge in [-0.3, -0.25) is 0 Å². The molecule has 0 aliphatic rings. The molecule has 2 heterocycles. The van der Waals surface area contributed by atoms with Crippen LogP contribution in [0.2, 0.25) is 0 Å². The Kier molecular flexibility index (Phi) is 5.94. The highest BCUT2D eigenvalue weighted by Gasteiger charge is 2.09. The molecule has 0 atom stereocenters. The van der Waals surface area contributed by atoms with Crippen LogP contribution in [-0.2, 0) is 12.3 Å². The Morgan fingerprint density at radius 2 is 1.92 bits per heavy atom. The Labute approximate surface area is 155 Å². The summed E-state index contributed by atoms with van der Waals surface area (Å²) in [6.45, 7) is 0.981. The molecule has 3 aromatic rings. The van der Waals surface area contributed by atoms with Crippen LogP contribution in [0.3, 0.4) is 0 Å². The van der Waals surface area contributed by atoms with Gasteiger partial charge >= 0.3 is 0 Å². The van der Waals surface area contributed by atoms with E-state index in [9.17, 15) is 0 Å². The van der Waals surface area contributed by atoms with E-state index in [0.29, 0.717) is 0 Å². The number of rotatable bonds is 7. The molecule has 0 amide bonds. The number of thiophene rings is 1. The number of hydrogen-bond acceptors (Lipinski definition) is 6. The smallest absolute Gasteiger partial charge is 0.134 e. The largest absolute Gasteiger partial charge is 0.497 e. The van der Waals surface area contributed by atoms with Crippen LogP contribution in [0.4, 0.5) is 0 Å². The van der Waals surface area contributed by atoms with Crippen molar-refractivity contribution in [1.29, 1.82) is 0 Å². The average molecular weight is 377 g/mol. The van der Waals surface area contributed by atoms with E-state index in [0.717, 1.165) is 28.1 Å². The fourth-order valence-corrected chi connectivity index (χ4v) is 5.22. The molecule has 3 rings (SSSR count). The van der Waals surface area contributed by atoms with Crippen LogP contribution in [0.5, 0.6) is 5.75 Å². The van der Waals surface area contributed by atoms with Crippen molar-refractivity contribution < 1.29 is 4.74 Å². The molecular weight excluding hydrogens is 356 g/mol. The molecule has 0 N–H and O–H groups in total. The van der Waals surface area contributed by atoms with Crippen molar-refractivity contribution in [2.45, 2.75) is 17.3 Å². The van der Waals surface area contributed by atoms with Crippen molar-refractivity contribution in [1.82, 2.24) is 9.88 Å². The van der Waals surface area contributed by atoms with Crippen molar-refractivity contribution in [2.24, 2.45) is 0 Å². The molecule has 0 fully saturated rings. The van der Waals surface area contributed by atoms with E-state index in [-0.39, 0.29) is 0 Å². The van der Waals surface area contributed by atoms with Gasteiger partial charge in [-0.1, -0.05) is 12.1 Å². The van der Waals surface area contributed by atoms with E-state index in [1.807, 2.05) is 23.5 Å². The lowest BCUT2D eigenvalue weighted by molar-refractivity contribution is 0.406. The molecule has 0 aliphatic carbocycles. The third kappa shape index (κ3) is 4.60. The number of thioether (sulfide) groups is 1. The summed E-state index contributed by atoms with van der Waals surface area (Å²) in [5.74, 6) is 1.81. The Morgan fingerprint density at radius 3 is 2.62 bits per heavy atom. The molecule has 0 saturated carbocycles. The number of thiazole rings is 1. The summed E-state index contributed by atoms with van der Waals surface area (Å²) in [7, 11) is 5.88. The molecule has 0 radical (unpaired) electrons. The second-order valence-corrected chi connectivity index (χ2v) is 8.65. The van der Waals surface area contributed by atoms with Crippen LogP contribution in [-0.4, -0.2) is 31.1 Å². The fraction of sp³-hybridized carbons (Fsp3) is 0.278. The number of aromatic nitrogens is 1. The molecule has 0 saturated heterocycles. The maximum absolute atomic E-state index is 5.19. The standard InChI is InChI=1S/C18H20N2OS3/c1-20(2)10-15-8-9-16(24-15)18-19-17(12-23-18)22-11-13-4-6-14(21-3)7-5-13/h4-9,12H,10-11H2,1-3H3. The van der Waals surface area contributed by atoms with Gasteiger partial charge < -0.3 is 9.64 Å². The monoisotopic (exact) mass is 376 g/mol. The first-order valence-corrected chi connectivity index (χ1v) is 10.3. The molecule has 24 heavy (non-hydrogen) atoms. The van der Waals surface area contributed by atoms with Crippen molar-refractivity contribution in [2.75, 3.05) is 21.2 Å². The number of benzene rings is 1. The summed E-state index contributed by atoms with van der Waals surface area (Å²) in [5, 5.41) is 4.35. The molecule has 6 heteroatoms. The van der Waals surface area contributed by atoms with E-state index in [1.165, 1.54) is 15.3 Å². The van der Waals surface area contributed by atoms with Crippen LogP contribution >= 0.6 is 34.4 Å². The minimum Gasteiger partial charge on any atom is -0.497 e. The summed E-state index contributed by atoms with van der Waals surface area (Å²) in [6.07, 6.45) is 0. The van der Waals surface area contributed by atoms with Gasteiger partial charge in [-0.2, -0.15) is 0 Å². The quantitative estimate of drug-likeness (QED) is 0.527. The van der Waals surface area contributed by atoms with Gasteiger partial charge in [0, 0.05) is 22.6 Å². The molecule has 0 bridgehead atoms. The van der Waals surface area contributed by atoms with Crippen molar-refractivity contribution in [3.63, 3.8) is 0 Å². The van der Waals surface area contributed by atoms with Gasteiger partial charge in [-0.05, 0) is 43.9 Å². The van der Waals surface area contributed by atoms with Gasteiger partial charge in [0.2, 0.25) is 0 Å². The molecule has 126 valence electrons. The fourth-order valence-electron chi connectivity index (χ4n) is 2.21. The Morgan fingerprint density at radius 1 is 1.12 bits per heavy atom. The lowest BCUT2D eigenvalue weighted by Gasteiger charge is -2.05. The highest BCUT2D eigenvalue weighted by Crippen LogP contribution is 2.34. The highest BCUT2D eigenvalue weighted by molar-refractivity contribution is 7.98. The summed E-state index contributed by atoms with van der Waals surface area (Å²) >= 11 is 5.33. The minimum atomic E-state index is 0.894. The number of nitrogens with zero attached hydrogens (tertiary/aromatic N) is 2. The second kappa shape index (κ2) is 8.16. The zero-order valence-corrected chi connectivity index (χ0v) is 16.4. The first-order chi connectivity index (χ1) is 11.6. The third-order valence-electron chi connectivity index (χ3n) is 3.37. The zero-order chi connectivity index (χ0) is 16.9. The molecule has 0 aliphatic heterocycles. The van der Waals surface area contributed by atoms with Gasteiger partial charge in [-0.25, -0.2) is 4.98 Å². The Bertz CT molecular complexity index is 778. The molecule has 1 aromatic carbocycles. The van der Waals surface area contributed by atoms with E-state index in [1.54, 1.807) is 30.2 Å². The molecule has 0 unspecified atom stereocenters. The highest BCUT2D eigenvalue weighted by atomic mass is 32.2. The summed E-state index contributed by atoms with van der Waals surface area (Å²) in [6, 6.07) is 12.6. The van der Waals surface area contributed by atoms with Crippen LogP contribution in [0.25, 0.3) is 9.88 Å². The second-order valence-electron chi connectivity index (χ2n) is 5.63. The maximum Gasteiger partial charge on any atom is 0.134 e. The lowest BCUT2D eigenvalue weighted by atomic mass is 10.2. The average Bonchev–Trinajstić information content (AvgIpc) is 3.22. The maximum atomic E-state index is 5.19. The minimum absolute atomic E-state index is 0.894. The topological polar surface area (TPSA) is 25.4 Å². The molecule has 3 nitrogen and oxygen atoms in total. The van der Waals surface area contributed by atoms with Crippen LogP contribution < -0.4 is 4.74 Å². The van der Waals surface area contributed by atoms with E-state index in [4.69, 9.17) is 9.72 Å². The first kappa shape index (κ1) is 17.5. The SMILES string of the molecule is COc1ccc(CSc2csc(-c3ccc(CN(C)C)s3)n2)cc1. The Balaban J connectivity index is 1.61. The van der Waals surface area contributed by atoms with Crippen molar-refractivity contribution >= 4 is 34.4 Å². The van der Waals surface area contributed by atoms with Gasteiger partial charge in [0.25, 0.3) is 0 Å². The van der Waals surface area contributed by atoms with E-state index >= 15 is 0 Å². The first-order valence-electron chi connectivity index (χ1n) is 7.59. The van der Waals surface area contributed by atoms with Gasteiger partial charge in [0.05, 0.1) is 12.0 Å². The van der Waals surface area contributed by atoms with E-state index in [2.05, 4.69) is 48.6 Å². The van der Waals surface area contributed by atoms with Crippen LogP contribution in [0.1, 0.15) is 10.4 Å². The summed E-state index contributed by atoms with van der Waals surface area (Å²) < 4.78 is 5.19. The van der Waals surface area contributed by atoms with E-state index < -0.39 is 0 Å². The molecule has 0 spiro atoms. The van der Waals surface area contributed by atoms with Crippen LogP contribution in [0, 0.1) is 0 Å². The zero-order valence-electron chi connectivity index (χ0n) is 14.0. The van der Waals surface area contributed by atoms with Gasteiger partial charge in [0.1, 0.15) is 15.8 Å². The Hall–Kier alpha value is -1.34. The molecular formula is C18H20N2OS3. The summed E-state index contributed by atoms with van der Waals surface area (Å²) in [5.41, 5.74) is 1.28. The van der Waals surface area contributed by atoms with Gasteiger partial charge in [-0.15, -0.1) is 34.4 Å². The number of ether oxygens (including phenoxy) is 1. The van der Waals surface area contributed by atoms with Gasteiger partial charge in [0.15, 0.2) is 0 Å². The van der Waals surface area contributed by atoms with Crippen molar-refractivity contribution in [3.05, 3.63) is 52.2 Å². The van der Waals surface area contributed by atoms with Crippen LogP contribution in [0.15, 0.2) is 46.8 Å². The predicted molar refractivity (Wildman–Crippen MR) is 105 cm³/mol. The van der Waals surface area contributed by atoms with Crippen molar-refractivity contribution in [3.8, 4) is 15.6 Å². The number of methoxy groups -OCH3 is 1. The predicted octanol–water partition coefficient (Wildman–Crippen LogP) is 5.23. The lowest BCUT2D eigenvalue weighted by Crippen LogP contribution is -2.09. The third-order valence-corrected chi connectivity index (χ3v) is 6.59. The molecule has 2 aromatic heterocycles.